The van der Waals surface area contributed by atoms with Crippen LogP contribution in [0, 0.1) is 5.92 Å². The minimum Gasteiger partial charge on any atom is -0.457 e. The van der Waals surface area contributed by atoms with Crippen molar-refractivity contribution in [2.75, 3.05) is 11.9 Å². The van der Waals surface area contributed by atoms with Gasteiger partial charge in [-0.1, -0.05) is 60.7 Å². The van der Waals surface area contributed by atoms with E-state index in [0.29, 0.717) is 18.0 Å². The van der Waals surface area contributed by atoms with Crippen LogP contribution in [0.2, 0.25) is 0 Å². The number of ether oxygens (including phenoxy) is 1. The molecule has 0 radical (unpaired) electrons. The maximum atomic E-state index is 12.8. The first-order valence-corrected chi connectivity index (χ1v) is 11.5. The molecular weight excluding hydrogens is 424 g/mol. The molecule has 34 heavy (non-hydrogen) atoms. The van der Waals surface area contributed by atoms with E-state index in [1.54, 1.807) is 4.90 Å². The van der Waals surface area contributed by atoms with Gasteiger partial charge in [0.05, 0.1) is 12.0 Å². The Kier molecular flexibility index (Phi) is 6.00. The van der Waals surface area contributed by atoms with Crippen LogP contribution in [-0.2, 0) is 9.59 Å². The number of carbonyl (C=O) groups is 2. The monoisotopic (exact) mass is 450 g/mol. The summed E-state index contributed by atoms with van der Waals surface area (Å²) in [4.78, 5) is 27.2. The van der Waals surface area contributed by atoms with Gasteiger partial charge >= 0.3 is 0 Å². The molecule has 1 heterocycles. The third-order valence-corrected chi connectivity index (χ3v) is 6.36. The van der Waals surface area contributed by atoms with Crippen LogP contribution in [0.3, 0.4) is 0 Å². The summed E-state index contributed by atoms with van der Waals surface area (Å²) in [6, 6.07) is 31.2. The van der Waals surface area contributed by atoms with Crippen LogP contribution in [0.5, 0.6) is 11.5 Å². The fourth-order valence-corrected chi connectivity index (χ4v) is 4.41. The van der Waals surface area contributed by atoms with E-state index in [1.807, 2.05) is 91.9 Å². The smallest absolute Gasteiger partial charge is 0.229 e. The maximum absolute atomic E-state index is 12.8. The lowest BCUT2D eigenvalue weighted by molar-refractivity contribution is -0.129. The normalized spacial score (nSPS) is 16.4. The van der Waals surface area contributed by atoms with Crippen molar-refractivity contribution in [1.29, 1.82) is 0 Å². The highest BCUT2D eigenvalue weighted by Gasteiger charge is 2.37. The molecule has 5 heteroatoms. The zero-order chi connectivity index (χ0) is 23.5. The molecule has 1 aliphatic rings. The van der Waals surface area contributed by atoms with Crippen molar-refractivity contribution in [2.24, 2.45) is 5.92 Å². The van der Waals surface area contributed by atoms with Crippen LogP contribution in [0.25, 0.3) is 10.8 Å². The molecule has 170 valence electrons. The third-order valence-electron chi connectivity index (χ3n) is 6.36. The van der Waals surface area contributed by atoms with E-state index < -0.39 is 0 Å². The van der Waals surface area contributed by atoms with E-state index in [4.69, 9.17) is 4.74 Å². The molecule has 4 aromatic carbocycles. The van der Waals surface area contributed by atoms with Crippen molar-refractivity contribution >= 4 is 28.3 Å². The number of fused-ring (bicyclic) bond motifs is 1. The Hall–Kier alpha value is -4.12. The highest BCUT2D eigenvalue weighted by molar-refractivity contribution is 5.97. The molecule has 5 nitrogen and oxygen atoms in total. The van der Waals surface area contributed by atoms with Gasteiger partial charge in [0.2, 0.25) is 11.8 Å². The van der Waals surface area contributed by atoms with Gasteiger partial charge < -0.3 is 15.0 Å². The van der Waals surface area contributed by atoms with Crippen LogP contribution in [0.15, 0.2) is 97.1 Å². The standard InChI is InChI=1S/C29H26N2O3/c1-20(21-7-3-2-4-8-21)31-19-24(18-28(31)32)29(33)30-25-12-15-26(16-13-25)34-27-14-11-22-9-5-6-10-23(22)17-27/h2-17,20,24H,18-19H2,1H3,(H,30,33)/t20-,24+/m1/s1. The van der Waals surface area contributed by atoms with E-state index in [9.17, 15) is 9.59 Å². The van der Waals surface area contributed by atoms with Crippen LogP contribution in [0.1, 0.15) is 24.9 Å². The molecule has 0 aromatic heterocycles. The molecular formula is C29H26N2O3. The van der Waals surface area contributed by atoms with Crippen molar-refractivity contribution in [3.8, 4) is 11.5 Å². The number of anilines is 1. The number of nitrogens with zero attached hydrogens (tertiary/aromatic N) is 1. The first-order valence-electron chi connectivity index (χ1n) is 11.5. The summed E-state index contributed by atoms with van der Waals surface area (Å²) < 4.78 is 5.98. The van der Waals surface area contributed by atoms with Crippen molar-refractivity contribution < 1.29 is 14.3 Å². The fourth-order valence-electron chi connectivity index (χ4n) is 4.41. The van der Waals surface area contributed by atoms with Gasteiger partial charge in [0.1, 0.15) is 11.5 Å². The van der Waals surface area contributed by atoms with Crippen LogP contribution in [-0.4, -0.2) is 23.3 Å². The van der Waals surface area contributed by atoms with Gasteiger partial charge in [-0.3, -0.25) is 9.59 Å². The molecule has 0 spiro atoms. The van der Waals surface area contributed by atoms with E-state index >= 15 is 0 Å². The lowest BCUT2D eigenvalue weighted by Gasteiger charge is -2.25. The van der Waals surface area contributed by atoms with Gasteiger partial charge in [-0.05, 0) is 59.7 Å². The number of likely N-dealkylation sites (tertiary alicyclic amines) is 1. The summed E-state index contributed by atoms with van der Waals surface area (Å²) in [5, 5.41) is 5.22. The topological polar surface area (TPSA) is 58.6 Å². The fraction of sp³-hybridized carbons (Fsp3) is 0.172. The highest BCUT2D eigenvalue weighted by atomic mass is 16.5. The quantitative estimate of drug-likeness (QED) is 0.382. The Labute approximate surface area is 199 Å². The van der Waals surface area contributed by atoms with Gasteiger partial charge in [-0.25, -0.2) is 0 Å². The summed E-state index contributed by atoms with van der Waals surface area (Å²) in [5.74, 6) is 0.946. The minimum absolute atomic E-state index is 0.00985. The van der Waals surface area contributed by atoms with E-state index in [2.05, 4.69) is 17.4 Å². The second-order valence-corrected chi connectivity index (χ2v) is 8.66. The first kappa shape index (κ1) is 21.7. The number of rotatable bonds is 6. The number of benzene rings is 4. The van der Waals surface area contributed by atoms with Crippen molar-refractivity contribution in [3.63, 3.8) is 0 Å². The van der Waals surface area contributed by atoms with Gasteiger partial charge in [0.15, 0.2) is 0 Å². The zero-order valence-electron chi connectivity index (χ0n) is 19.0. The molecule has 0 saturated carbocycles. The van der Waals surface area contributed by atoms with Crippen LogP contribution in [0.4, 0.5) is 5.69 Å². The molecule has 5 rings (SSSR count). The Morgan fingerprint density at radius 2 is 1.56 bits per heavy atom. The first-order chi connectivity index (χ1) is 16.6. The van der Waals surface area contributed by atoms with Crippen LogP contribution >= 0.6 is 0 Å². The molecule has 0 aliphatic carbocycles. The van der Waals surface area contributed by atoms with E-state index in [-0.39, 0.29) is 30.2 Å². The highest BCUT2D eigenvalue weighted by Crippen LogP contribution is 2.30. The van der Waals surface area contributed by atoms with Gasteiger partial charge in [-0.15, -0.1) is 0 Å². The molecule has 0 bridgehead atoms. The van der Waals surface area contributed by atoms with Gasteiger partial charge in [0, 0.05) is 18.7 Å². The lowest BCUT2D eigenvalue weighted by atomic mass is 10.1. The summed E-state index contributed by atoms with van der Waals surface area (Å²) in [6.07, 6.45) is 0.228. The summed E-state index contributed by atoms with van der Waals surface area (Å²) in [5.41, 5.74) is 1.75. The van der Waals surface area contributed by atoms with Gasteiger partial charge in [-0.2, -0.15) is 0 Å². The second-order valence-electron chi connectivity index (χ2n) is 8.66. The average Bonchev–Trinajstić information content (AvgIpc) is 3.27. The predicted molar refractivity (Wildman–Crippen MR) is 134 cm³/mol. The number of hydrogen-bond acceptors (Lipinski definition) is 3. The van der Waals surface area contributed by atoms with E-state index in [1.165, 1.54) is 0 Å². The maximum Gasteiger partial charge on any atom is 0.229 e. The molecule has 2 atom stereocenters. The number of nitrogens with one attached hydrogen (secondary N) is 1. The molecule has 1 fully saturated rings. The minimum atomic E-state index is -0.368. The average molecular weight is 451 g/mol. The Morgan fingerprint density at radius 1 is 0.882 bits per heavy atom. The summed E-state index contributed by atoms with van der Waals surface area (Å²) in [6.45, 7) is 2.42. The second kappa shape index (κ2) is 9.40. The lowest BCUT2D eigenvalue weighted by Crippen LogP contribution is -2.30. The van der Waals surface area contributed by atoms with Crippen molar-refractivity contribution in [2.45, 2.75) is 19.4 Å². The number of hydrogen-bond donors (Lipinski definition) is 1. The Morgan fingerprint density at radius 3 is 2.32 bits per heavy atom. The largest absolute Gasteiger partial charge is 0.457 e. The predicted octanol–water partition coefficient (Wildman–Crippen LogP) is 6.18. The molecule has 1 aliphatic heterocycles. The third kappa shape index (κ3) is 4.64. The number of carbonyl (C=O) groups excluding carboxylic acids is 2. The van der Waals surface area contributed by atoms with E-state index in [0.717, 1.165) is 22.1 Å². The van der Waals surface area contributed by atoms with Gasteiger partial charge in [0.25, 0.3) is 0 Å². The molecule has 0 unspecified atom stereocenters. The SMILES string of the molecule is C[C@H](c1ccccc1)N1C[C@@H](C(=O)Nc2ccc(Oc3ccc4ccccc4c3)cc2)CC1=O. The molecule has 1 saturated heterocycles. The Bertz CT molecular complexity index is 1320. The molecule has 2 amide bonds. The summed E-state index contributed by atoms with van der Waals surface area (Å²) in [7, 11) is 0. The zero-order valence-corrected chi connectivity index (χ0v) is 19.0. The van der Waals surface area contributed by atoms with Crippen molar-refractivity contribution in [1.82, 2.24) is 4.90 Å². The summed E-state index contributed by atoms with van der Waals surface area (Å²) >= 11 is 0. The number of amides is 2. The van der Waals surface area contributed by atoms with Crippen LogP contribution < -0.4 is 10.1 Å². The molecule has 1 N–H and O–H groups in total. The Balaban J connectivity index is 1.20. The van der Waals surface area contributed by atoms with Crippen molar-refractivity contribution in [3.05, 3.63) is 103 Å². The molecule has 4 aromatic rings.